The molecule has 1 fully saturated rings. The van der Waals surface area contributed by atoms with Gasteiger partial charge < -0.3 is 14.7 Å². The molecule has 1 amide bonds. The molecule has 24 heavy (non-hydrogen) atoms. The number of hydrogen-bond acceptors (Lipinski definition) is 6. The van der Waals surface area contributed by atoms with Gasteiger partial charge in [-0.2, -0.15) is 0 Å². The predicted octanol–water partition coefficient (Wildman–Crippen LogP) is 0.580. The Morgan fingerprint density at radius 2 is 2.17 bits per heavy atom. The Morgan fingerprint density at radius 1 is 1.42 bits per heavy atom. The third kappa shape index (κ3) is 3.09. The number of amides is 1. The molecule has 0 saturated carbocycles. The molecule has 1 aliphatic rings. The second kappa shape index (κ2) is 6.56. The summed E-state index contributed by atoms with van der Waals surface area (Å²) in [5, 5.41) is 21.9. The number of carbonyl (C=O) groups excluding carboxylic acids is 1. The molecule has 0 aliphatic carbocycles. The first kappa shape index (κ1) is 16.4. The van der Waals surface area contributed by atoms with E-state index in [4.69, 9.17) is 4.74 Å². The van der Waals surface area contributed by atoms with Crippen LogP contribution in [0.15, 0.2) is 30.6 Å². The lowest BCUT2D eigenvalue weighted by Crippen LogP contribution is -2.49. The van der Waals surface area contributed by atoms with Gasteiger partial charge in [-0.05, 0) is 47.9 Å². The number of rotatable bonds is 5. The number of carbonyl (C=O) groups is 1. The van der Waals surface area contributed by atoms with Crippen LogP contribution in [0.25, 0.3) is 0 Å². The highest BCUT2D eigenvalue weighted by atomic mass is 16.5. The second-order valence-corrected chi connectivity index (χ2v) is 6.13. The minimum atomic E-state index is -1.14. The van der Waals surface area contributed by atoms with Crippen molar-refractivity contribution in [2.75, 3.05) is 13.7 Å². The zero-order chi connectivity index (χ0) is 17.2. The fraction of sp³-hybridized carbons (Fsp3) is 0.500. The molecule has 8 heteroatoms. The van der Waals surface area contributed by atoms with Crippen LogP contribution in [0.2, 0.25) is 0 Å². The van der Waals surface area contributed by atoms with Crippen LogP contribution >= 0.6 is 0 Å². The van der Waals surface area contributed by atoms with Crippen LogP contribution in [-0.2, 0) is 16.9 Å². The van der Waals surface area contributed by atoms with E-state index in [2.05, 4.69) is 15.5 Å². The van der Waals surface area contributed by atoms with Crippen molar-refractivity contribution in [2.24, 2.45) is 0 Å². The Labute approximate surface area is 140 Å². The first-order valence-corrected chi connectivity index (χ1v) is 7.89. The summed E-state index contributed by atoms with van der Waals surface area (Å²) in [5.74, 6) is 0.631. The summed E-state index contributed by atoms with van der Waals surface area (Å²) < 4.78 is 6.55. The summed E-state index contributed by atoms with van der Waals surface area (Å²) in [6.07, 6.45) is 3.02. The molecular weight excluding hydrogens is 310 g/mol. The summed E-state index contributed by atoms with van der Waals surface area (Å²) in [4.78, 5) is 14.3. The van der Waals surface area contributed by atoms with Gasteiger partial charge in [-0.15, -0.1) is 5.10 Å². The number of ether oxygens (including phenoxy) is 1. The van der Waals surface area contributed by atoms with E-state index < -0.39 is 5.60 Å². The molecule has 3 rings (SSSR count). The molecule has 1 aromatic heterocycles. The molecule has 2 atom stereocenters. The van der Waals surface area contributed by atoms with Gasteiger partial charge in [0, 0.05) is 6.54 Å². The van der Waals surface area contributed by atoms with E-state index in [9.17, 15) is 9.90 Å². The predicted molar refractivity (Wildman–Crippen MR) is 85.1 cm³/mol. The van der Waals surface area contributed by atoms with Crippen molar-refractivity contribution in [1.29, 1.82) is 0 Å². The molecule has 1 saturated heterocycles. The molecule has 128 valence electrons. The van der Waals surface area contributed by atoms with E-state index in [0.29, 0.717) is 6.54 Å². The number of aliphatic hydroxyl groups is 1. The fourth-order valence-corrected chi connectivity index (χ4v) is 3.25. The second-order valence-electron chi connectivity index (χ2n) is 6.13. The summed E-state index contributed by atoms with van der Waals surface area (Å²) in [6, 6.07) is 7.01. The van der Waals surface area contributed by atoms with Crippen LogP contribution < -0.4 is 4.74 Å². The van der Waals surface area contributed by atoms with Gasteiger partial charge in [-0.3, -0.25) is 4.79 Å². The topological polar surface area (TPSA) is 93.4 Å². The third-order valence-corrected chi connectivity index (χ3v) is 4.59. The lowest BCUT2D eigenvalue weighted by atomic mass is 9.86. The Bertz CT molecular complexity index is 684. The Kier molecular flexibility index (Phi) is 4.48. The number of methoxy groups -OCH3 is 1. The average Bonchev–Trinajstić information content (AvgIpc) is 3.26. The SMILES string of the molecule is COc1ccc([C@](C)(O)[C@@H]2CCCN2C(=O)Cn2cnnn2)cc1. The van der Waals surface area contributed by atoms with Gasteiger partial charge >= 0.3 is 0 Å². The lowest BCUT2D eigenvalue weighted by Gasteiger charge is -2.37. The van der Waals surface area contributed by atoms with E-state index in [0.717, 1.165) is 24.2 Å². The number of benzene rings is 1. The van der Waals surface area contributed by atoms with Crippen LogP contribution in [0.3, 0.4) is 0 Å². The van der Waals surface area contributed by atoms with Gasteiger partial charge in [-0.25, -0.2) is 4.68 Å². The molecule has 0 radical (unpaired) electrons. The minimum absolute atomic E-state index is 0.0716. The largest absolute Gasteiger partial charge is 0.497 e. The summed E-state index contributed by atoms with van der Waals surface area (Å²) in [7, 11) is 1.60. The number of likely N-dealkylation sites (tertiary alicyclic amines) is 1. The van der Waals surface area contributed by atoms with E-state index >= 15 is 0 Å². The van der Waals surface area contributed by atoms with Crippen molar-refractivity contribution in [2.45, 2.75) is 38.0 Å². The normalized spacial score (nSPS) is 20.0. The van der Waals surface area contributed by atoms with Gasteiger partial charge in [-0.1, -0.05) is 12.1 Å². The van der Waals surface area contributed by atoms with Crippen molar-refractivity contribution >= 4 is 5.91 Å². The molecule has 1 N–H and O–H groups in total. The Hall–Kier alpha value is -2.48. The van der Waals surface area contributed by atoms with Crippen LogP contribution in [0.4, 0.5) is 0 Å². The minimum Gasteiger partial charge on any atom is -0.497 e. The van der Waals surface area contributed by atoms with Gasteiger partial charge in [0.25, 0.3) is 0 Å². The zero-order valence-electron chi connectivity index (χ0n) is 13.8. The molecule has 2 heterocycles. The van der Waals surface area contributed by atoms with Crippen molar-refractivity contribution in [3.05, 3.63) is 36.2 Å². The first-order chi connectivity index (χ1) is 11.5. The van der Waals surface area contributed by atoms with Gasteiger partial charge in [0.05, 0.1) is 13.2 Å². The number of nitrogens with zero attached hydrogens (tertiary/aromatic N) is 5. The zero-order valence-corrected chi connectivity index (χ0v) is 13.8. The van der Waals surface area contributed by atoms with Crippen molar-refractivity contribution in [3.63, 3.8) is 0 Å². The van der Waals surface area contributed by atoms with Crippen LogP contribution in [0, 0.1) is 0 Å². The van der Waals surface area contributed by atoms with Gasteiger partial charge in [0.15, 0.2) is 0 Å². The van der Waals surface area contributed by atoms with E-state index in [1.807, 2.05) is 24.3 Å². The third-order valence-electron chi connectivity index (χ3n) is 4.59. The fourth-order valence-electron chi connectivity index (χ4n) is 3.25. The van der Waals surface area contributed by atoms with Gasteiger partial charge in [0.1, 0.15) is 24.2 Å². The first-order valence-electron chi connectivity index (χ1n) is 7.89. The lowest BCUT2D eigenvalue weighted by molar-refractivity contribution is -0.138. The molecule has 0 bridgehead atoms. The quantitative estimate of drug-likeness (QED) is 0.861. The van der Waals surface area contributed by atoms with Crippen molar-refractivity contribution in [1.82, 2.24) is 25.1 Å². The Morgan fingerprint density at radius 3 is 2.79 bits per heavy atom. The Balaban J connectivity index is 1.78. The van der Waals surface area contributed by atoms with Crippen LogP contribution in [0.1, 0.15) is 25.3 Å². The summed E-state index contributed by atoms with van der Waals surface area (Å²) >= 11 is 0. The monoisotopic (exact) mass is 331 g/mol. The molecule has 2 aromatic rings. The molecule has 0 spiro atoms. The number of hydrogen-bond donors (Lipinski definition) is 1. The van der Waals surface area contributed by atoms with E-state index in [1.54, 1.807) is 18.9 Å². The number of tetrazole rings is 1. The van der Waals surface area contributed by atoms with E-state index in [1.165, 1.54) is 11.0 Å². The molecule has 8 nitrogen and oxygen atoms in total. The molecule has 0 unspecified atom stereocenters. The number of aromatic nitrogens is 4. The van der Waals surface area contributed by atoms with Gasteiger partial charge in [0.2, 0.25) is 5.91 Å². The smallest absolute Gasteiger partial charge is 0.244 e. The highest BCUT2D eigenvalue weighted by Gasteiger charge is 2.42. The maximum atomic E-state index is 12.6. The maximum absolute atomic E-state index is 12.6. The standard InChI is InChI=1S/C16H21N5O3/c1-16(23,12-5-7-13(24-2)8-6-12)14-4-3-9-21(14)15(22)10-20-11-17-18-19-20/h5-8,11,14,23H,3-4,9-10H2,1-2H3/t14-,16-/m0/s1. The molecule has 1 aliphatic heterocycles. The molecular formula is C16H21N5O3. The average molecular weight is 331 g/mol. The highest BCUT2D eigenvalue weighted by Crippen LogP contribution is 2.35. The van der Waals surface area contributed by atoms with E-state index in [-0.39, 0.29) is 18.5 Å². The van der Waals surface area contributed by atoms with Crippen molar-refractivity contribution in [3.8, 4) is 5.75 Å². The van der Waals surface area contributed by atoms with Crippen LogP contribution in [0.5, 0.6) is 5.75 Å². The highest BCUT2D eigenvalue weighted by molar-refractivity contribution is 5.76. The van der Waals surface area contributed by atoms with Crippen LogP contribution in [-0.4, -0.2) is 55.8 Å². The molecule has 1 aromatic carbocycles. The summed E-state index contributed by atoms with van der Waals surface area (Å²) in [6.45, 7) is 2.45. The maximum Gasteiger partial charge on any atom is 0.244 e. The van der Waals surface area contributed by atoms with Crippen molar-refractivity contribution < 1.29 is 14.6 Å². The summed E-state index contributed by atoms with van der Waals surface area (Å²) in [5.41, 5.74) is -0.380.